The normalized spacial score (nSPS) is 12.7. The average molecular weight is 497 g/mol. The summed E-state index contributed by atoms with van der Waals surface area (Å²) in [5.74, 6) is 0.206. The number of carbonyl (C=O) groups is 2. The molecule has 2 unspecified atom stereocenters. The Hall–Kier alpha value is -4.14. The Kier molecular flexibility index (Phi) is 8.83. The molecule has 0 aliphatic rings. The lowest BCUT2D eigenvalue weighted by Gasteiger charge is -2.18. The number of hydrogen-bond donors (Lipinski definition) is 1. The second-order valence-electron chi connectivity index (χ2n) is 8.20. The van der Waals surface area contributed by atoms with E-state index in [1.807, 2.05) is 13.8 Å². The number of aryl methyl sites for hydroxylation is 2. The van der Waals surface area contributed by atoms with Crippen LogP contribution in [-0.4, -0.2) is 30.2 Å². The standard InChI is InChI=1S/C27H29FN2O6/c1-16(21-8-10-22(28)11-9-21)29-27(32)19(4)35-26(31)13-7-20-6-12-24(25(14-20)33-5)34-15-23-17(2)30-36-18(23)3/h6-14,16,19H,15H2,1-5H3,(H,29,32)/b13-7+. The smallest absolute Gasteiger partial charge is 0.331 e. The summed E-state index contributed by atoms with van der Waals surface area (Å²) in [5, 5.41) is 6.65. The molecule has 1 aromatic heterocycles. The average Bonchev–Trinajstić information content (AvgIpc) is 3.18. The van der Waals surface area contributed by atoms with Crippen molar-refractivity contribution in [3.05, 3.63) is 82.5 Å². The lowest BCUT2D eigenvalue weighted by molar-refractivity contribution is -0.150. The zero-order valence-corrected chi connectivity index (χ0v) is 20.8. The minimum absolute atomic E-state index is 0.277. The summed E-state index contributed by atoms with van der Waals surface area (Å²) in [4.78, 5) is 24.6. The molecule has 190 valence electrons. The van der Waals surface area contributed by atoms with Gasteiger partial charge in [-0.3, -0.25) is 4.79 Å². The third-order valence-electron chi connectivity index (χ3n) is 5.54. The maximum absolute atomic E-state index is 13.1. The van der Waals surface area contributed by atoms with E-state index in [0.29, 0.717) is 22.8 Å². The number of benzene rings is 2. The number of nitrogens with zero attached hydrogens (tertiary/aromatic N) is 1. The van der Waals surface area contributed by atoms with Crippen LogP contribution < -0.4 is 14.8 Å². The van der Waals surface area contributed by atoms with Gasteiger partial charge in [-0.1, -0.05) is 23.4 Å². The Morgan fingerprint density at radius 1 is 1.11 bits per heavy atom. The maximum atomic E-state index is 13.1. The molecule has 2 aromatic carbocycles. The number of carbonyl (C=O) groups excluding carboxylic acids is 2. The lowest BCUT2D eigenvalue weighted by atomic mass is 10.1. The zero-order valence-electron chi connectivity index (χ0n) is 20.8. The van der Waals surface area contributed by atoms with E-state index in [1.54, 1.807) is 43.3 Å². The molecule has 0 saturated heterocycles. The summed E-state index contributed by atoms with van der Waals surface area (Å²) in [6, 6.07) is 10.6. The molecule has 0 bridgehead atoms. The first-order valence-corrected chi connectivity index (χ1v) is 11.3. The predicted molar refractivity (Wildman–Crippen MR) is 131 cm³/mol. The molecule has 9 heteroatoms. The first kappa shape index (κ1) is 26.5. The first-order valence-electron chi connectivity index (χ1n) is 11.3. The molecule has 1 N–H and O–H groups in total. The van der Waals surface area contributed by atoms with Gasteiger partial charge in [0.15, 0.2) is 17.6 Å². The summed E-state index contributed by atoms with van der Waals surface area (Å²) in [6.45, 7) is 7.18. The number of esters is 1. The molecule has 3 aromatic rings. The van der Waals surface area contributed by atoms with Crippen molar-refractivity contribution < 1.29 is 32.7 Å². The Morgan fingerprint density at radius 2 is 1.83 bits per heavy atom. The van der Waals surface area contributed by atoms with Crippen LogP contribution in [0.5, 0.6) is 11.5 Å². The molecule has 2 atom stereocenters. The lowest BCUT2D eigenvalue weighted by Crippen LogP contribution is -2.37. The van der Waals surface area contributed by atoms with Crippen molar-refractivity contribution in [2.45, 2.75) is 46.4 Å². The van der Waals surface area contributed by atoms with Crippen LogP contribution in [-0.2, 0) is 20.9 Å². The summed E-state index contributed by atoms with van der Waals surface area (Å²) < 4.78 is 34.7. The van der Waals surface area contributed by atoms with Gasteiger partial charge in [-0.05, 0) is 69.2 Å². The van der Waals surface area contributed by atoms with Crippen LogP contribution in [0.15, 0.2) is 53.1 Å². The van der Waals surface area contributed by atoms with Crippen molar-refractivity contribution in [3.63, 3.8) is 0 Å². The number of aromatic nitrogens is 1. The van der Waals surface area contributed by atoms with E-state index in [4.69, 9.17) is 18.7 Å². The molecular formula is C27H29FN2O6. The van der Waals surface area contributed by atoms with Gasteiger partial charge in [-0.25, -0.2) is 9.18 Å². The Labute approximate surface area is 209 Å². The highest BCUT2D eigenvalue weighted by Gasteiger charge is 2.19. The monoisotopic (exact) mass is 496 g/mol. The van der Waals surface area contributed by atoms with Gasteiger partial charge in [0.2, 0.25) is 0 Å². The van der Waals surface area contributed by atoms with Gasteiger partial charge in [-0.15, -0.1) is 0 Å². The quantitative estimate of drug-likeness (QED) is 0.317. The molecule has 8 nitrogen and oxygen atoms in total. The van der Waals surface area contributed by atoms with Crippen LogP contribution >= 0.6 is 0 Å². The zero-order chi connectivity index (χ0) is 26.2. The number of methoxy groups -OCH3 is 1. The van der Waals surface area contributed by atoms with Crippen molar-refractivity contribution >= 4 is 18.0 Å². The number of nitrogens with one attached hydrogen (secondary N) is 1. The van der Waals surface area contributed by atoms with Crippen molar-refractivity contribution in [1.29, 1.82) is 0 Å². The summed E-state index contributed by atoms with van der Waals surface area (Å²) in [6.07, 6.45) is 1.76. The van der Waals surface area contributed by atoms with Crippen LogP contribution in [0.4, 0.5) is 4.39 Å². The summed E-state index contributed by atoms with van der Waals surface area (Å²) in [7, 11) is 1.52. The number of rotatable bonds is 10. The van der Waals surface area contributed by atoms with Crippen molar-refractivity contribution in [2.24, 2.45) is 0 Å². The Bertz CT molecular complexity index is 1220. The number of ether oxygens (including phenoxy) is 3. The Morgan fingerprint density at radius 3 is 2.47 bits per heavy atom. The third kappa shape index (κ3) is 6.94. The third-order valence-corrected chi connectivity index (χ3v) is 5.54. The molecule has 36 heavy (non-hydrogen) atoms. The molecule has 0 spiro atoms. The second-order valence-corrected chi connectivity index (χ2v) is 8.20. The number of amides is 1. The van der Waals surface area contributed by atoms with Gasteiger partial charge in [0.25, 0.3) is 5.91 Å². The van der Waals surface area contributed by atoms with E-state index >= 15 is 0 Å². The second kappa shape index (κ2) is 12.0. The molecule has 0 aliphatic heterocycles. The van der Waals surface area contributed by atoms with Crippen molar-refractivity contribution in [1.82, 2.24) is 10.5 Å². The highest BCUT2D eigenvalue weighted by atomic mass is 19.1. The fourth-order valence-corrected chi connectivity index (χ4v) is 3.36. The molecule has 3 rings (SSSR count). The fourth-order valence-electron chi connectivity index (χ4n) is 3.36. The van der Waals surface area contributed by atoms with E-state index in [9.17, 15) is 14.0 Å². The minimum Gasteiger partial charge on any atom is -0.493 e. The van der Waals surface area contributed by atoms with E-state index in [2.05, 4.69) is 10.5 Å². The van der Waals surface area contributed by atoms with E-state index < -0.39 is 18.0 Å². The summed E-state index contributed by atoms with van der Waals surface area (Å²) in [5.41, 5.74) is 3.04. The van der Waals surface area contributed by atoms with Crippen LogP contribution in [0, 0.1) is 19.7 Å². The molecule has 1 amide bonds. The highest BCUT2D eigenvalue weighted by Crippen LogP contribution is 2.30. The molecule has 0 aliphatic carbocycles. The van der Waals surface area contributed by atoms with Gasteiger partial charge in [0.05, 0.1) is 24.4 Å². The molecule has 0 fully saturated rings. The molecule has 1 heterocycles. The fraction of sp³-hybridized carbons (Fsp3) is 0.296. The number of hydrogen-bond acceptors (Lipinski definition) is 7. The van der Waals surface area contributed by atoms with Crippen molar-refractivity contribution in [2.75, 3.05) is 7.11 Å². The van der Waals surface area contributed by atoms with Crippen LogP contribution in [0.25, 0.3) is 6.08 Å². The minimum atomic E-state index is -1.01. The van der Waals surface area contributed by atoms with E-state index in [1.165, 1.54) is 32.2 Å². The molecule has 0 saturated carbocycles. The van der Waals surface area contributed by atoms with E-state index in [-0.39, 0.29) is 18.5 Å². The van der Waals surface area contributed by atoms with Gasteiger partial charge < -0.3 is 24.1 Å². The summed E-state index contributed by atoms with van der Waals surface area (Å²) >= 11 is 0. The highest BCUT2D eigenvalue weighted by molar-refractivity contribution is 5.90. The molecule has 0 radical (unpaired) electrons. The first-order chi connectivity index (χ1) is 17.2. The van der Waals surface area contributed by atoms with Crippen LogP contribution in [0.1, 0.15) is 48.0 Å². The van der Waals surface area contributed by atoms with Crippen LogP contribution in [0.2, 0.25) is 0 Å². The van der Waals surface area contributed by atoms with E-state index in [0.717, 1.165) is 16.8 Å². The van der Waals surface area contributed by atoms with Gasteiger partial charge in [0.1, 0.15) is 18.2 Å². The SMILES string of the molecule is COc1cc(/C=C/C(=O)OC(C)C(=O)NC(C)c2ccc(F)cc2)ccc1OCc1c(C)noc1C. The maximum Gasteiger partial charge on any atom is 0.331 e. The Balaban J connectivity index is 1.55. The van der Waals surface area contributed by atoms with Gasteiger partial charge in [0, 0.05) is 6.08 Å². The van der Waals surface area contributed by atoms with Gasteiger partial charge >= 0.3 is 5.97 Å². The van der Waals surface area contributed by atoms with Gasteiger partial charge in [-0.2, -0.15) is 0 Å². The topological polar surface area (TPSA) is 99.9 Å². The molecular weight excluding hydrogens is 467 g/mol. The largest absolute Gasteiger partial charge is 0.493 e. The van der Waals surface area contributed by atoms with Crippen molar-refractivity contribution in [3.8, 4) is 11.5 Å². The number of halogens is 1. The van der Waals surface area contributed by atoms with Crippen LogP contribution in [0.3, 0.4) is 0 Å². The predicted octanol–water partition coefficient (Wildman–Crippen LogP) is 4.84.